The standard InChI is InChI=1S/C15H12ClFN2O3S/c16-10-3-1-4-11(17)13(10)14(20)18-7-9-8-19(15(21)22-9)12-5-2-6-23-12/h1-6,9H,7-8H2,(H,18,20). The zero-order valence-corrected chi connectivity index (χ0v) is 13.4. The van der Waals surface area contributed by atoms with Crippen LogP contribution < -0.4 is 10.2 Å². The van der Waals surface area contributed by atoms with E-state index in [1.54, 1.807) is 0 Å². The highest BCUT2D eigenvalue weighted by atomic mass is 35.5. The molecular weight excluding hydrogens is 343 g/mol. The highest BCUT2D eigenvalue weighted by Gasteiger charge is 2.33. The van der Waals surface area contributed by atoms with Crippen molar-refractivity contribution in [2.24, 2.45) is 0 Å². The lowest BCUT2D eigenvalue weighted by Gasteiger charge is -2.11. The lowest BCUT2D eigenvalue weighted by molar-refractivity contribution is 0.0912. The number of thiophene rings is 1. The predicted octanol–water partition coefficient (Wildman–Crippen LogP) is 3.30. The van der Waals surface area contributed by atoms with E-state index in [2.05, 4.69) is 5.32 Å². The number of halogens is 2. The van der Waals surface area contributed by atoms with E-state index in [1.165, 1.54) is 28.4 Å². The highest BCUT2D eigenvalue weighted by molar-refractivity contribution is 7.14. The Labute approximate surface area is 140 Å². The van der Waals surface area contributed by atoms with Crippen molar-refractivity contribution in [2.75, 3.05) is 18.0 Å². The summed E-state index contributed by atoms with van der Waals surface area (Å²) in [7, 11) is 0. The zero-order chi connectivity index (χ0) is 16.4. The van der Waals surface area contributed by atoms with Crippen molar-refractivity contribution in [3.63, 3.8) is 0 Å². The van der Waals surface area contributed by atoms with Gasteiger partial charge in [0.05, 0.1) is 23.7 Å². The second-order valence-corrected chi connectivity index (χ2v) is 6.21. The van der Waals surface area contributed by atoms with Crippen molar-refractivity contribution in [1.29, 1.82) is 0 Å². The molecule has 1 aromatic carbocycles. The number of nitrogens with zero attached hydrogens (tertiary/aromatic N) is 1. The molecule has 1 fully saturated rings. The molecule has 3 rings (SSSR count). The van der Waals surface area contributed by atoms with Crippen LogP contribution in [-0.2, 0) is 4.74 Å². The number of ether oxygens (including phenoxy) is 1. The van der Waals surface area contributed by atoms with Gasteiger partial charge in [-0.05, 0) is 29.6 Å². The first-order chi connectivity index (χ1) is 11.1. The van der Waals surface area contributed by atoms with Crippen molar-refractivity contribution in [1.82, 2.24) is 5.32 Å². The number of hydrogen-bond acceptors (Lipinski definition) is 4. The lowest BCUT2D eigenvalue weighted by Crippen LogP contribution is -2.35. The number of amides is 2. The Morgan fingerprint density at radius 1 is 1.43 bits per heavy atom. The molecule has 1 aromatic heterocycles. The fraction of sp³-hybridized carbons (Fsp3) is 0.200. The monoisotopic (exact) mass is 354 g/mol. The van der Waals surface area contributed by atoms with Gasteiger partial charge in [0.15, 0.2) is 0 Å². The molecule has 0 spiro atoms. The molecule has 0 aliphatic carbocycles. The number of benzene rings is 1. The van der Waals surface area contributed by atoms with Crippen LogP contribution in [0.25, 0.3) is 0 Å². The summed E-state index contributed by atoms with van der Waals surface area (Å²) in [5.41, 5.74) is -0.214. The summed E-state index contributed by atoms with van der Waals surface area (Å²) >= 11 is 7.26. The molecule has 1 unspecified atom stereocenters. The van der Waals surface area contributed by atoms with Crippen LogP contribution in [0.3, 0.4) is 0 Å². The maximum absolute atomic E-state index is 13.7. The smallest absolute Gasteiger partial charge is 0.415 e. The molecular formula is C15H12ClFN2O3S. The van der Waals surface area contributed by atoms with Gasteiger partial charge >= 0.3 is 6.09 Å². The van der Waals surface area contributed by atoms with Crippen LogP contribution in [0.5, 0.6) is 0 Å². The first-order valence-electron chi connectivity index (χ1n) is 6.80. The minimum Gasteiger partial charge on any atom is -0.442 e. The first-order valence-corrected chi connectivity index (χ1v) is 8.06. The summed E-state index contributed by atoms with van der Waals surface area (Å²) in [4.78, 5) is 25.4. The molecule has 2 amide bonds. The van der Waals surface area contributed by atoms with E-state index in [9.17, 15) is 14.0 Å². The topological polar surface area (TPSA) is 58.6 Å². The number of carbonyl (C=O) groups is 2. The molecule has 1 aliphatic rings. The van der Waals surface area contributed by atoms with Gasteiger partial charge in [-0.2, -0.15) is 0 Å². The molecule has 0 saturated carbocycles. The van der Waals surface area contributed by atoms with Crippen molar-refractivity contribution in [3.8, 4) is 0 Å². The number of rotatable bonds is 4. The average Bonchev–Trinajstić information content (AvgIpc) is 3.14. The van der Waals surface area contributed by atoms with E-state index in [0.29, 0.717) is 6.54 Å². The van der Waals surface area contributed by atoms with Gasteiger partial charge in [-0.15, -0.1) is 11.3 Å². The van der Waals surface area contributed by atoms with E-state index in [1.807, 2.05) is 17.5 Å². The van der Waals surface area contributed by atoms with Crippen LogP contribution in [0, 0.1) is 5.82 Å². The van der Waals surface area contributed by atoms with Gasteiger partial charge in [-0.3, -0.25) is 9.69 Å². The van der Waals surface area contributed by atoms with Gasteiger partial charge in [-0.1, -0.05) is 17.7 Å². The van der Waals surface area contributed by atoms with Crippen molar-refractivity contribution in [2.45, 2.75) is 6.10 Å². The quantitative estimate of drug-likeness (QED) is 0.916. The molecule has 2 heterocycles. The van der Waals surface area contributed by atoms with Crippen molar-refractivity contribution < 1.29 is 18.7 Å². The Bertz CT molecular complexity index is 718. The molecule has 8 heteroatoms. The van der Waals surface area contributed by atoms with Gasteiger partial charge in [0.2, 0.25) is 0 Å². The Hall–Kier alpha value is -2.12. The van der Waals surface area contributed by atoms with Crippen LogP contribution in [0.15, 0.2) is 35.7 Å². The Balaban J connectivity index is 1.61. The SMILES string of the molecule is O=C(NCC1CN(c2cccs2)C(=O)O1)c1c(F)cccc1Cl. The highest BCUT2D eigenvalue weighted by Crippen LogP contribution is 2.26. The largest absolute Gasteiger partial charge is 0.442 e. The molecule has 0 bridgehead atoms. The normalized spacial score (nSPS) is 17.2. The lowest BCUT2D eigenvalue weighted by atomic mass is 10.2. The van der Waals surface area contributed by atoms with E-state index >= 15 is 0 Å². The number of nitrogens with one attached hydrogen (secondary N) is 1. The fourth-order valence-corrected chi connectivity index (χ4v) is 3.22. The maximum Gasteiger partial charge on any atom is 0.415 e. The minimum absolute atomic E-state index is 0.0335. The van der Waals surface area contributed by atoms with Crippen molar-refractivity contribution >= 4 is 39.9 Å². The second kappa shape index (κ2) is 6.55. The third kappa shape index (κ3) is 3.30. The van der Waals surface area contributed by atoms with E-state index in [4.69, 9.17) is 16.3 Å². The zero-order valence-electron chi connectivity index (χ0n) is 11.8. The van der Waals surface area contributed by atoms with Crippen LogP contribution >= 0.6 is 22.9 Å². The van der Waals surface area contributed by atoms with E-state index < -0.39 is 23.9 Å². The number of cyclic esters (lactones) is 1. The third-order valence-electron chi connectivity index (χ3n) is 3.33. The third-order valence-corrected chi connectivity index (χ3v) is 4.53. The van der Waals surface area contributed by atoms with Crippen molar-refractivity contribution in [3.05, 3.63) is 52.1 Å². The summed E-state index contributed by atoms with van der Waals surface area (Å²) in [6.07, 6.45) is -0.963. The molecule has 1 atom stereocenters. The summed E-state index contributed by atoms with van der Waals surface area (Å²) in [6, 6.07) is 7.67. The fourth-order valence-electron chi connectivity index (χ4n) is 2.24. The van der Waals surface area contributed by atoms with Gasteiger partial charge in [0.1, 0.15) is 16.9 Å². The summed E-state index contributed by atoms with van der Waals surface area (Å²) in [5, 5.41) is 5.22. The number of hydrogen-bond donors (Lipinski definition) is 1. The molecule has 0 radical (unpaired) electrons. The number of anilines is 1. The summed E-state index contributed by atoms with van der Waals surface area (Å²) in [5.74, 6) is -1.34. The molecule has 23 heavy (non-hydrogen) atoms. The maximum atomic E-state index is 13.7. The molecule has 1 aliphatic heterocycles. The predicted molar refractivity (Wildman–Crippen MR) is 85.7 cm³/mol. The van der Waals surface area contributed by atoms with E-state index in [0.717, 1.165) is 11.1 Å². The molecule has 2 aromatic rings. The Morgan fingerprint density at radius 3 is 2.96 bits per heavy atom. The Morgan fingerprint density at radius 2 is 2.26 bits per heavy atom. The minimum atomic E-state index is -0.696. The Kier molecular flexibility index (Phi) is 4.49. The molecule has 1 saturated heterocycles. The second-order valence-electron chi connectivity index (χ2n) is 4.87. The van der Waals surface area contributed by atoms with Gasteiger partial charge in [0.25, 0.3) is 5.91 Å². The van der Waals surface area contributed by atoms with E-state index in [-0.39, 0.29) is 17.1 Å². The van der Waals surface area contributed by atoms with Crippen LogP contribution in [0.2, 0.25) is 5.02 Å². The molecule has 120 valence electrons. The van der Waals surface area contributed by atoms with Crippen LogP contribution in [-0.4, -0.2) is 31.2 Å². The van der Waals surface area contributed by atoms with Gasteiger partial charge in [0, 0.05) is 0 Å². The first kappa shape index (κ1) is 15.8. The summed E-state index contributed by atoms with van der Waals surface area (Å²) in [6.45, 7) is 0.405. The number of carbonyl (C=O) groups excluding carboxylic acids is 2. The average molecular weight is 355 g/mol. The van der Waals surface area contributed by atoms with Crippen LogP contribution in [0.1, 0.15) is 10.4 Å². The molecule has 5 nitrogen and oxygen atoms in total. The molecule has 1 N–H and O–H groups in total. The summed E-state index contributed by atoms with van der Waals surface area (Å²) < 4.78 is 18.9. The van der Waals surface area contributed by atoms with Gasteiger partial charge in [-0.25, -0.2) is 9.18 Å². The van der Waals surface area contributed by atoms with Gasteiger partial charge < -0.3 is 10.1 Å². The van der Waals surface area contributed by atoms with Crippen LogP contribution in [0.4, 0.5) is 14.2 Å².